The van der Waals surface area contributed by atoms with Crippen molar-refractivity contribution in [3.8, 4) is 0 Å². The molecule has 0 aliphatic heterocycles. The van der Waals surface area contributed by atoms with E-state index in [1.807, 2.05) is 0 Å². The molecule has 3 nitrogen and oxygen atoms in total. The summed E-state index contributed by atoms with van der Waals surface area (Å²) in [6.45, 7) is 6.73. The third kappa shape index (κ3) is 14.9. The topological polar surface area (TPSA) is 27.7 Å². The van der Waals surface area contributed by atoms with Crippen molar-refractivity contribution in [2.45, 2.75) is 33.6 Å². The van der Waals surface area contributed by atoms with E-state index in [0.29, 0.717) is 0 Å². The Balaban J connectivity index is 0. The van der Waals surface area contributed by atoms with Gasteiger partial charge in [-0.25, -0.2) is 0 Å². The third-order valence-electron chi connectivity index (χ3n) is 1.44. The second kappa shape index (κ2) is 12.1. The minimum atomic E-state index is -1.67. The molecule has 0 N–H and O–H groups in total. The number of hydrogen-bond acceptors (Lipinski definition) is 3. The van der Waals surface area contributed by atoms with Crippen molar-refractivity contribution >= 4 is 9.53 Å². The fraction of sp³-hybridized carbons (Fsp3) is 1.00. The number of hydrogen-bond donors (Lipinski definition) is 0. The Morgan fingerprint density at radius 2 is 1.38 bits per heavy atom. The standard InChI is InChI=1S/C6H14.C3H10O3Si/c1-4-5-6(2)3;1-4-7(5-2)6-3/h6H,4-5H2,1-3H3;7H,1-3H3. The Morgan fingerprint density at radius 3 is 1.38 bits per heavy atom. The van der Waals surface area contributed by atoms with E-state index in [1.54, 1.807) is 21.3 Å². The average molecular weight is 208 g/mol. The lowest BCUT2D eigenvalue weighted by atomic mass is 10.1. The minimum absolute atomic E-state index is 0.898. The van der Waals surface area contributed by atoms with Crippen LogP contribution in [-0.4, -0.2) is 30.9 Å². The molecule has 0 aromatic carbocycles. The predicted molar refractivity (Wildman–Crippen MR) is 57.9 cm³/mol. The molecule has 0 aliphatic carbocycles. The van der Waals surface area contributed by atoms with Gasteiger partial charge in [-0.05, 0) is 5.92 Å². The molecule has 0 bridgehead atoms. The molecule has 0 radical (unpaired) electrons. The lowest BCUT2D eigenvalue weighted by Crippen LogP contribution is -2.21. The van der Waals surface area contributed by atoms with Crippen molar-refractivity contribution in [1.82, 2.24) is 0 Å². The van der Waals surface area contributed by atoms with Crippen molar-refractivity contribution in [1.29, 1.82) is 0 Å². The van der Waals surface area contributed by atoms with Crippen LogP contribution in [0.2, 0.25) is 0 Å². The van der Waals surface area contributed by atoms with Gasteiger partial charge in [0.05, 0.1) is 0 Å². The van der Waals surface area contributed by atoms with Crippen LogP contribution in [-0.2, 0) is 13.3 Å². The van der Waals surface area contributed by atoms with E-state index in [9.17, 15) is 0 Å². The molecule has 0 saturated heterocycles. The first kappa shape index (κ1) is 15.6. The van der Waals surface area contributed by atoms with Gasteiger partial charge in [0.15, 0.2) is 0 Å². The molecular weight excluding hydrogens is 184 g/mol. The molecule has 0 amide bonds. The Bertz CT molecular complexity index is 79.4. The average Bonchev–Trinajstić information content (AvgIpc) is 2.08. The van der Waals surface area contributed by atoms with Gasteiger partial charge in [-0.1, -0.05) is 33.6 Å². The Labute approximate surface area is 84.4 Å². The van der Waals surface area contributed by atoms with Crippen LogP contribution < -0.4 is 0 Å². The second-order valence-corrected chi connectivity index (χ2v) is 5.17. The smallest absolute Gasteiger partial charge is 0.379 e. The highest BCUT2D eigenvalue weighted by Crippen LogP contribution is 2.00. The fourth-order valence-corrected chi connectivity index (χ4v) is 1.44. The molecule has 0 atom stereocenters. The van der Waals surface area contributed by atoms with Gasteiger partial charge >= 0.3 is 9.53 Å². The van der Waals surface area contributed by atoms with E-state index in [1.165, 1.54) is 12.8 Å². The van der Waals surface area contributed by atoms with E-state index in [2.05, 4.69) is 20.8 Å². The van der Waals surface area contributed by atoms with Crippen molar-refractivity contribution in [2.75, 3.05) is 21.3 Å². The monoisotopic (exact) mass is 208 g/mol. The molecule has 0 aromatic rings. The van der Waals surface area contributed by atoms with E-state index in [-0.39, 0.29) is 0 Å². The summed E-state index contributed by atoms with van der Waals surface area (Å²) < 4.78 is 14.2. The summed E-state index contributed by atoms with van der Waals surface area (Å²) in [7, 11) is 3.05. The summed E-state index contributed by atoms with van der Waals surface area (Å²) in [6, 6.07) is 0. The van der Waals surface area contributed by atoms with Gasteiger partial charge in [0.25, 0.3) is 0 Å². The lowest BCUT2D eigenvalue weighted by molar-refractivity contribution is 0.163. The highest BCUT2D eigenvalue weighted by Gasteiger charge is 2.04. The summed E-state index contributed by atoms with van der Waals surface area (Å²) in [5, 5.41) is 0. The Kier molecular flexibility index (Phi) is 14.5. The molecule has 0 saturated carbocycles. The van der Waals surface area contributed by atoms with Gasteiger partial charge in [-0.3, -0.25) is 0 Å². The zero-order valence-corrected chi connectivity index (χ0v) is 10.9. The van der Waals surface area contributed by atoms with Gasteiger partial charge in [-0.15, -0.1) is 0 Å². The van der Waals surface area contributed by atoms with Crippen LogP contribution in [0.1, 0.15) is 33.6 Å². The summed E-state index contributed by atoms with van der Waals surface area (Å²) in [4.78, 5) is 0. The molecule has 82 valence electrons. The first-order chi connectivity index (χ1) is 6.12. The van der Waals surface area contributed by atoms with Gasteiger partial charge < -0.3 is 13.3 Å². The maximum Gasteiger partial charge on any atom is 0.483 e. The Morgan fingerprint density at radius 1 is 1.00 bits per heavy atom. The van der Waals surface area contributed by atoms with Crippen molar-refractivity contribution in [2.24, 2.45) is 5.92 Å². The van der Waals surface area contributed by atoms with E-state index in [0.717, 1.165) is 5.92 Å². The Hall–Kier alpha value is 0.0969. The molecular formula is C9H24O3Si. The van der Waals surface area contributed by atoms with Crippen LogP contribution in [0.4, 0.5) is 0 Å². The third-order valence-corrected chi connectivity index (χ3v) is 2.60. The van der Waals surface area contributed by atoms with Gasteiger partial charge in [-0.2, -0.15) is 0 Å². The van der Waals surface area contributed by atoms with Crippen LogP contribution in [0.15, 0.2) is 0 Å². The second-order valence-electron chi connectivity index (χ2n) is 3.18. The zero-order chi connectivity index (χ0) is 10.7. The SMILES string of the molecule is CCCC(C)C.CO[SiH](OC)OC. The maximum atomic E-state index is 4.74. The van der Waals surface area contributed by atoms with E-state index >= 15 is 0 Å². The quantitative estimate of drug-likeness (QED) is 0.648. The highest BCUT2D eigenvalue weighted by atomic mass is 28.3. The van der Waals surface area contributed by atoms with E-state index in [4.69, 9.17) is 13.3 Å². The van der Waals surface area contributed by atoms with Crippen molar-refractivity contribution < 1.29 is 13.3 Å². The fourth-order valence-electron chi connectivity index (χ4n) is 0.866. The minimum Gasteiger partial charge on any atom is -0.379 e. The van der Waals surface area contributed by atoms with E-state index < -0.39 is 9.53 Å². The molecule has 0 heterocycles. The summed E-state index contributed by atoms with van der Waals surface area (Å²) in [5.74, 6) is 0.898. The molecule has 0 fully saturated rings. The lowest BCUT2D eigenvalue weighted by Gasteiger charge is -2.05. The van der Waals surface area contributed by atoms with Gasteiger partial charge in [0.2, 0.25) is 0 Å². The van der Waals surface area contributed by atoms with Crippen LogP contribution in [0.5, 0.6) is 0 Å². The maximum absolute atomic E-state index is 4.74. The first-order valence-electron chi connectivity index (χ1n) is 4.70. The van der Waals surface area contributed by atoms with Gasteiger partial charge in [0.1, 0.15) is 0 Å². The molecule has 0 aromatic heterocycles. The van der Waals surface area contributed by atoms with Crippen LogP contribution in [0, 0.1) is 5.92 Å². The molecule has 0 spiro atoms. The molecule has 13 heavy (non-hydrogen) atoms. The summed E-state index contributed by atoms with van der Waals surface area (Å²) in [5.41, 5.74) is 0. The van der Waals surface area contributed by atoms with Gasteiger partial charge in [0, 0.05) is 21.3 Å². The largest absolute Gasteiger partial charge is 0.483 e. The predicted octanol–water partition coefficient (Wildman–Crippen LogP) is 2.09. The highest BCUT2D eigenvalue weighted by molar-refractivity contribution is 6.36. The van der Waals surface area contributed by atoms with Crippen LogP contribution in [0.3, 0.4) is 0 Å². The molecule has 4 heteroatoms. The first-order valence-corrected chi connectivity index (χ1v) is 6.12. The molecule has 0 aliphatic rings. The summed E-state index contributed by atoms with van der Waals surface area (Å²) in [6.07, 6.45) is 2.71. The van der Waals surface area contributed by atoms with Crippen molar-refractivity contribution in [3.63, 3.8) is 0 Å². The molecule has 0 unspecified atom stereocenters. The van der Waals surface area contributed by atoms with Crippen LogP contribution >= 0.6 is 0 Å². The molecule has 0 rings (SSSR count). The van der Waals surface area contributed by atoms with Crippen LogP contribution in [0.25, 0.3) is 0 Å². The number of rotatable bonds is 5. The summed E-state index contributed by atoms with van der Waals surface area (Å²) >= 11 is 0. The van der Waals surface area contributed by atoms with Crippen molar-refractivity contribution in [3.05, 3.63) is 0 Å². The zero-order valence-electron chi connectivity index (χ0n) is 9.79. The normalized spacial score (nSPS) is 10.2.